The maximum atomic E-state index is 11.8. The van der Waals surface area contributed by atoms with Gasteiger partial charge in [-0.05, 0) is 0 Å². The van der Waals surface area contributed by atoms with E-state index >= 15 is 0 Å². The van der Waals surface area contributed by atoms with Crippen molar-refractivity contribution >= 4 is 12.2 Å². The number of aliphatic hydroxyl groups excluding tert-OH is 4. The number of aliphatic hydroxyl groups is 4. The summed E-state index contributed by atoms with van der Waals surface area (Å²) in [4.78, 5) is 21.1. The van der Waals surface area contributed by atoms with E-state index in [-0.39, 0.29) is 6.29 Å². The Balaban J connectivity index is 4.45. The number of rotatable bonds is 7. The van der Waals surface area contributed by atoms with Crippen LogP contribution in [0.15, 0.2) is 0 Å². The van der Waals surface area contributed by atoms with Gasteiger partial charge >= 0.3 is 0 Å². The van der Waals surface area contributed by atoms with Gasteiger partial charge in [0, 0.05) is 0 Å². The zero-order valence-corrected chi connectivity index (χ0v) is 8.28. The van der Waals surface area contributed by atoms with E-state index in [1.807, 2.05) is 0 Å². The monoisotopic (exact) mass is 239 g/mol. The molecule has 5 N–H and O–H groups in total. The number of aldehydes is 1. The highest BCUT2D eigenvalue weighted by atomic mass is 19.1. The van der Waals surface area contributed by atoms with Crippen LogP contribution >= 0.6 is 0 Å². The second-order valence-corrected chi connectivity index (χ2v) is 3.09. The van der Waals surface area contributed by atoms with E-state index in [0.29, 0.717) is 0 Å². The van der Waals surface area contributed by atoms with Crippen LogP contribution in [0.25, 0.3) is 0 Å². The van der Waals surface area contributed by atoms with E-state index < -0.39 is 43.5 Å². The molecule has 0 aromatic carbocycles. The lowest BCUT2D eigenvalue weighted by atomic mass is 10.0. The first kappa shape index (κ1) is 14.9. The maximum absolute atomic E-state index is 11.8. The summed E-state index contributed by atoms with van der Waals surface area (Å²) in [6.45, 7) is -2.21. The standard InChI is InChI=1S/C8H14FNO6/c9-1-6(14)10-4(2-11)7(15)8(16)5(13)3-12/h2,4-5,7-8,12-13,15-16H,1,3H2,(H,10,14)/t4-,5-,7-,8-/m1/s1. The molecule has 8 heteroatoms. The third-order valence-corrected chi connectivity index (χ3v) is 1.89. The Labute approximate surface area is 90.5 Å². The summed E-state index contributed by atoms with van der Waals surface area (Å²) in [6, 6.07) is -1.56. The number of carbonyl (C=O) groups is 2. The smallest absolute Gasteiger partial charge is 0.252 e. The van der Waals surface area contributed by atoms with Crippen molar-refractivity contribution in [1.82, 2.24) is 5.32 Å². The summed E-state index contributed by atoms with van der Waals surface area (Å²) in [5.74, 6) is -1.14. The Kier molecular flexibility index (Phi) is 6.74. The number of amides is 1. The lowest BCUT2D eigenvalue weighted by Gasteiger charge is -2.25. The van der Waals surface area contributed by atoms with Gasteiger partial charge in [0.1, 0.15) is 30.6 Å². The van der Waals surface area contributed by atoms with E-state index in [2.05, 4.69) is 0 Å². The fourth-order valence-corrected chi connectivity index (χ4v) is 0.972. The van der Waals surface area contributed by atoms with Crippen LogP contribution in [0, 0.1) is 0 Å². The van der Waals surface area contributed by atoms with E-state index in [1.54, 1.807) is 5.32 Å². The molecule has 0 aromatic heterocycles. The highest BCUT2D eigenvalue weighted by molar-refractivity contribution is 5.80. The molecule has 0 fully saturated rings. The summed E-state index contributed by atoms with van der Waals surface area (Å²) in [5.41, 5.74) is 0. The van der Waals surface area contributed by atoms with Gasteiger partial charge in [-0.2, -0.15) is 0 Å². The molecule has 7 nitrogen and oxygen atoms in total. The van der Waals surface area contributed by atoms with E-state index in [4.69, 9.17) is 10.2 Å². The van der Waals surface area contributed by atoms with Crippen LogP contribution in [0.3, 0.4) is 0 Å². The normalized spacial score (nSPS) is 18.3. The van der Waals surface area contributed by atoms with Gasteiger partial charge in [-0.15, -0.1) is 0 Å². The van der Waals surface area contributed by atoms with Gasteiger partial charge in [0.2, 0.25) is 0 Å². The van der Waals surface area contributed by atoms with E-state index in [1.165, 1.54) is 0 Å². The summed E-state index contributed by atoms with van der Waals surface area (Å²) in [7, 11) is 0. The van der Waals surface area contributed by atoms with Gasteiger partial charge in [0.25, 0.3) is 5.91 Å². The van der Waals surface area contributed by atoms with Crippen molar-refractivity contribution in [3.8, 4) is 0 Å². The second kappa shape index (κ2) is 7.23. The molecular weight excluding hydrogens is 225 g/mol. The van der Waals surface area contributed by atoms with Crippen molar-refractivity contribution in [2.24, 2.45) is 0 Å². The molecule has 0 aromatic rings. The fourth-order valence-electron chi connectivity index (χ4n) is 0.972. The minimum atomic E-state index is -1.84. The third-order valence-electron chi connectivity index (χ3n) is 1.89. The van der Waals surface area contributed by atoms with Crippen LogP contribution in [-0.4, -0.2) is 70.3 Å². The number of carbonyl (C=O) groups excluding carboxylic acids is 2. The van der Waals surface area contributed by atoms with Gasteiger partial charge in [-0.3, -0.25) is 4.79 Å². The van der Waals surface area contributed by atoms with Crippen molar-refractivity contribution < 1.29 is 34.4 Å². The average molecular weight is 239 g/mol. The first-order valence-corrected chi connectivity index (χ1v) is 4.43. The number of nitrogens with one attached hydrogen (secondary N) is 1. The van der Waals surface area contributed by atoms with E-state index in [9.17, 15) is 24.2 Å². The summed E-state index contributed by atoms with van der Waals surface area (Å²) in [5, 5.41) is 37.8. The van der Waals surface area contributed by atoms with Crippen LogP contribution in [0.2, 0.25) is 0 Å². The minimum Gasteiger partial charge on any atom is -0.394 e. The van der Waals surface area contributed by atoms with Crippen LogP contribution < -0.4 is 5.32 Å². The maximum Gasteiger partial charge on any atom is 0.252 e. The number of halogens is 1. The largest absolute Gasteiger partial charge is 0.394 e. The van der Waals surface area contributed by atoms with Crippen molar-refractivity contribution in [3.63, 3.8) is 0 Å². The fraction of sp³-hybridized carbons (Fsp3) is 0.750. The molecule has 0 heterocycles. The van der Waals surface area contributed by atoms with Gasteiger partial charge in [-0.25, -0.2) is 4.39 Å². The lowest BCUT2D eigenvalue weighted by molar-refractivity contribution is -0.131. The molecule has 1 amide bonds. The van der Waals surface area contributed by atoms with Crippen molar-refractivity contribution in [1.29, 1.82) is 0 Å². The molecule has 0 aliphatic heterocycles. The molecule has 0 spiro atoms. The molecule has 16 heavy (non-hydrogen) atoms. The zero-order valence-electron chi connectivity index (χ0n) is 8.28. The van der Waals surface area contributed by atoms with Crippen molar-refractivity contribution in [2.45, 2.75) is 24.4 Å². The molecule has 0 saturated carbocycles. The highest BCUT2D eigenvalue weighted by Gasteiger charge is 2.31. The van der Waals surface area contributed by atoms with Crippen LogP contribution in [0.4, 0.5) is 4.39 Å². The van der Waals surface area contributed by atoms with Gasteiger partial charge in [0.15, 0.2) is 6.67 Å². The van der Waals surface area contributed by atoms with E-state index in [0.717, 1.165) is 0 Å². The molecule has 0 unspecified atom stereocenters. The van der Waals surface area contributed by atoms with Crippen LogP contribution in [-0.2, 0) is 9.59 Å². The van der Waals surface area contributed by atoms with Crippen LogP contribution in [0.5, 0.6) is 0 Å². The molecule has 0 aliphatic carbocycles. The summed E-state index contributed by atoms with van der Waals surface area (Å²) in [6.07, 6.45) is -5.25. The highest BCUT2D eigenvalue weighted by Crippen LogP contribution is 2.03. The van der Waals surface area contributed by atoms with Gasteiger partial charge < -0.3 is 30.5 Å². The Morgan fingerprint density at radius 1 is 1.31 bits per heavy atom. The molecule has 0 bridgehead atoms. The van der Waals surface area contributed by atoms with Crippen molar-refractivity contribution in [2.75, 3.05) is 13.3 Å². The molecule has 0 saturated heterocycles. The quantitative estimate of drug-likeness (QED) is 0.296. The lowest BCUT2D eigenvalue weighted by Crippen LogP contribution is -2.53. The second-order valence-electron chi connectivity index (χ2n) is 3.09. The number of alkyl halides is 1. The Hall–Kier alpha value is -1.09. The van der Waals surface area contributed by atoms with Gasteiger partial charge in [0.05, 0.1) is 6.61 Å². The molecule has 4 atom stereocenters. The van der Waals surface area contributed by atoms with Gasteiger partial charge in [-0.1, -0.05) is 0 Å². The molecule has 0 rings (SSSR count). The summed E-state index contributed by atoms with van der Waals surface area (Å²) < 4.78 is 11.8. The first-order valence-electron chi connectivity index (χ1n) is 4.43. The molecular formula is C8H14FNO6. The predicted molar refractivity (Wildman–Crippen MR) is 49.1 cm³/mol. The number of hydrogen-bond acceptors (Lipinski definition) is 6. The van der Waals surface area contributed by atoms with Crippen LogP contribution in [0.1, 0.15) is 0 Å². The Bertz CT molecular complexity index is 239. The summed E-state index contributed by atoms with van der Waals surface area (Å²) >= 11 is 0. The zero-order chi connectivity index (χ0) is 12.7. The third kappa shape index (κ3) is 4.19. The number of hydrogen-bond donors (Lipinski definition) is 5. The predicted octanol–water partition coefficient (Wildman–Crippen LogP) is -3.29. The van der Waals surface area contributed by atoms with Crippen molar-refractivity contribution in [3.05, 3.63) is 0 Å². The first-order chi connectivity index (χ1) is 7.47. The SMILES string of the molecule is O=C[C@@H](NC(=O)CF)[C@@H](O)[C@H](O)[C@H](O)CO. The Morgan fingerprint density at radius 3 is 2.25 bits per heavy atom. The molecule has 0 radical (unpaired) electrons. The molecule has 94 valence electrons. The minimum absolute atomic E-state index is 0.0888. The average Bonchev–Trinajstić information content (AvgIpc) is 2.32. The molecule has 0 aliphatic rings. The Morgan fingerprint density at radius 2 is 1.88 bits per heavy atom. The topological polar surface area (TPSA) is 127 Å².